The van der Waals surface area contributed by atoms with Crippen molar-refractivity contribution in [2.45, 2.75) is 13.3 Å². The second-order valence-electron chi connectivity index (χ2n) is 9.29. The number of hydrogen-bond donors (Lipinski definition) is 2. The van der Waals surface area contributed by atoms with Gasteiger partial charge in [0.2, 0.25) is 0 Å². The van der Waals surface area contributed by atoms with E-state index in [-0.39, 0.29) is 5.91 Å². The molecule has 0 aliphatic carbocycles. The molecule has 2 aliphatic heterocycles. The Kier molecular flexibility index (Phi) is 11.1. The number of carbonyl (C=O) groups excluding carboxylic acids is 1. The van der Waals surface area contributed by atoms with Gasteiger partial charge in [0.25, 0.3) is 5.91 Å². The fourth-order valence-electron chi connectivity index (χ4n) is 4.30. The fourth-order valence-corrected chi connectivity index (χ4v) is 4.59. The van der Waals surface area contributed by atoms with Gasteiger partial charge < -0.3 is 19.7 Å². The van der Waals surface area contributed by atoms with Crippen molar-refractivity contribution in [2.24, 2.45) is 4.99 Å². The molecule has 0 spiro atoms. The van der Waals surface area contributed by atoms with Gasteiger partial charge in [0, 0.05) is 58.3 Å². The van der Waals surface area contributed by atoms with Crippen molar-refractivity contribution >= 4 is 46.4 Å². The molecule has 2 fully saturated rings. The summed E-state index contributed by atoms with van der Waals surface area (Å²) in [4.78, 5) is 30.9. The molecule has 0 unspecified atom stereocenters. The van der Waals surface area contributed by atoms with Crippen LogP contribution in [0.1, 0.15) is 22.7 Å². The lowest BCUT2D eigenvalue weighted by Gasteiger charge is -2.34. The lowest BCUT2D eigenvalue weighted by atomic mass is 10.2. The predicted molar refractivity (Wildman–Crippen MR) is 153 cm³/mol. The van der Waals surface area contributed by atoms with E-state index in [1.165, 1.54) is 0 Å². The molecule has 0 atom stereocenters. The number of benzene rings is 1. The lowest BCUT2D eigenvalue weighted by molar-refractivity contribution is 0.0314. The molecule has 0 saturated carbocycles. The van der Waals surface area contributed by atoms with E-state index in [2.05, 4.69) is 30.6 Å². The van der Waals surface area contributed by atoms with Gasteiger partial charge in [-0.1, -0.05) is 23.2 Å². The van der Waals surface area contributed by atoms with Crippen molar-refractivity contribution in [3.63, 3.8) is 0 Å². The quantitative estimate of drug-likeness (QED) is 0.367. The van der Waals surface area contributed by atoms with Crippen LogP contribution >= 0.6 is 23.2 Å². The van der Waals surface area contributed by atoms with E-state index in [1.807, 2.05) is 23.0 Å². The van der Waals surface area contributed by atoms with Gasteiger partial charge in [0.05, 0.1) is 42.2 Å². The van der Waals surface area contributed by atoms with Crippen LogP contribution in [0.3, 0.4) is 0 Å². The van der Waals surface area contributed by atoms with Crippen LogP contribution in [0.2, 0.25) is 10.0 Å². The van der Waals surface area contributed by atoms with Gasteiger partial charge in [-0.25, -0.2) is 15.0 Å². The molecular weight excluding hydrogens is 543 g/mol. The zero-order valence-electron chi connectivity index (χ0n) is 22.5. The summed E-state index contributed by atoms with van der Waals surface area (Å²) in [6, 6.07) is 7.12. The number of ether oxygens (including phenoxy) is 2. The van der Waals surface area contributed by atoms with Gasteiger partial charge >= 0.3 is 0 Å². The highest BCUT2D eigenvalue weighted by Crippen LogP contribution is 2.28. The summed E-state index contributed by atoms with van der Waals surface area (Å²) in [7, 11) is 1.90. The number of aromatic nitrogens is 2. The van der Waals surface area contributed by atoms with Gasteiger partial charge in [0.1, 0.15) is 17.4 Å². The van der Waals surface area contributed by atoms with Crippen molar-refractivity contribution in [3.8, 4) is 0 Å². The van der Waals surface area contributed by atoms with E-state index in [1.54, 1.807) is 25.1 Å². The van der Waals surface area contributed by atoms with E-state index in [0.29, 0.717) is 79.9 Å². The van der Waals surface area contributed by atoms with Gasteiger partial charge in [-0.05, 0) is 32.2 Å². The molecule has 2 aliphatic rings. The van der Waals surface area contributed by atoms with Crippen LogP contribution in [-0.2, 0) is 9.47 Å². The second-order valence-corrected chi connectivity index (χ2v) is 10.1. The molecule has 212 valence electrons. The third-order valence-electron chi connectivity index (χ3n) is 6.42. The van der Waals surface area contributed by atoms with E-state index >= 15 is 0 Å². The summed E-state index contributed by atoms with van der Waals surface area (Å²) in [6.45, 7) is 9.54. The van der Waals surface area contributed by atoms with Gasteiger partial charge in [-0.3, -0.25) is 20.1 Å². The molecule has 13 heteroatoms. The highest BCUT2D eigenvalue weighted by Gasteiger charge is 2.24. The molecule has 2 N–H and O–H groups in total. The average molecular weight is 580 g/mol. The minimum Gasteiger partial charge on any atom is -0.378 e. The van der Waals surface area contributed by atoms with Crippen LogP contribution in [0.25, 0.3) is 0 Å². The average Bonchev–Trinajstić information content (AvgIpc) is 3.39. The monoisotopic (exact) mass is 578 g/mol. The smallest absolute Gasteiger partial charge is 0.272 e. The first-order chi connectivity index (χ1) is 18.9. The topological polar surface area (TPSA) is 107 Å². The van der Waals surface area contributed by atoms with Crippen LogP contribution in [0.5, 0.6) is 0 Å². The van der Waals surface area contributed by atoms with Gasteiger partial charge in [0.15, 0.2) is 5.82 Å². The Balaban J connectivity index is 1.25. The first kappa shape index (κ1) is 29.4. The molecule has 4 rings (SSSR count). The molecular formula is C26H36Cl2N8O3. The van der Waals surface area contributed by atoms with E-state index < -0.39 is 0 Å². The van der Waals surface area contributed by atoms with E-state index in [4.69, 9.17) is 32.7 Å². The zero-order chi connectivity index (χ0) is 27.6. The van der Waals surface area contributed by atoms with Gasteiger partial charge in [-0.2, -0.15) is 0 Å². The molecule has 1 aromatic heterocycles. The third-order valence-corrected chi connectivity index (χ3v) is 7.16. The number of nitrogens with zero attached hydrogens (tertiary/aromatic N) is 6. The first-order valence-corrected chi connectivity index (χ1v) is 13.9. The first-order valence-electron chi connectivity index (χ1n) is 13.2. The van der Waals surface area contributed by atoms with E-state index in [0.717, 1.165) is 37.7 Å². The number of halogens is 2. The molecule has 11 nitrogen and oxygen atoms in total. The fraction of sp³-hybridized carbons (Fsp3) is 0.538. The van der Waals surface area contributed by atoms with Crippen LogP contribution < -0.4 is 15.8 Å². The van der Waals surface area contributed by atoms with Crippen molar-refractivity contribution in [3.05, 3.63) is 45.8 Å². The maximum atomic E-state index is 13.2. The Bertz CT molecular complexity index is 1140. The maximum Gasteiger partial charge on any atom is 0.272 e. The number of likely N-dealkylation sites (N-methyl/N-ethyl adjacent to an activating group) is 1. The largest absolute Gasteiger partial charge is 0.378 e. The zero-order valence-corrected chi connectivity index (χ0v) is 24.0. The number of amides is 1. The number of piperazine rings is 1. The number of aliphatic imine (C=N–C) groups is 1. The number of hydrazine groups is 1. The van der Waals surface area contributed by atoms with Crippen molar-refractivity contribution in [1.29, 1.82) is 0 Å². The predicted octanol–water partition coefficient (Wildman–Crippen LogP) is 2.55. The lowest BCUT2D eigenvalue weighted by Crippen LogP contribution is -2.49. The van der Waals surface area contributed by atoms with Crippen molar-refractivity contribution in [2.75, 3.05) is 84.3 Å². The number of carbonyl (C=O) groups is 1. The minimum absolute atomic E-state index is 0.103. The summed E-state index contributed by atoms with van der Waals surface area (Å²) in [5.74, 6) is 1.60. The minimum atomic E-state index is -0.103. The Morgan fingerprint density at radius 1 is 1.03 bits per heavy atom. The molecule has 1 amide bonds. The number of aryl methyl sites for hydroxylation is 1. The number of anilines is 1. The second kappa shape index (κ2) is 14.7. The Morgan fingerprint density at radius 2 is 1.79 bits per heavy atom. The van der Waals surface area contributed by atoms with Crippen LogP contribution in [-0.4, -0.2) is 111 Å². The third kappa shape index (κ3) is 8.72. The number of rotatable bonds is 12. The summed E-state index contributed by atoms with van der Waals surface area (Å²) in [5, 5.41) is 5.99. The van der Waals surface area contributed by atoms with Crippen LogP contribution in [0, 0.1) is 6.92 Å². The van der Waals surface area contributed by atoms with Crippen molar-refractivity contribution < 1.29 is 14.3 Å². The molecule has 0 bridgehead atoms. The number of nitrogens with one attached hydrogen (secondary N) is 2. The van der Waals surface area contributed by atoms with Crippen LogP contribution in [0.4, 0.5) is 11.5 Å². The molecule has 39 heavy (non-hydrogen) atoms. The molecule has 2 aromatic rings. The molecule has 2 saturated heterocycles. The van der Waals surface area contributed by atoms with Crippen molar-refractivity contribution in [1.82, 2.24) is 30.5 Å². The SMILES string of the molecule is CNCCOCCOCCN1CCN(C(=O)c2cc(N=C3CCN(c4ccc(Cl)c(Cl)c4)N3)nc(C)n2)CC1. The summed E-state index contributed by atoms with van der Waals surface area (Å²) >= 11 is 12.2. The summed E-state index contributed by atoms with van der Waals surface area (Å²) < 4.78 is 11.1. The van der Waals surface area contributed by atoms with Crippen LogP contribution in [0.15, 0.2) is 29.3 Å². The Hall–Kier alpha value is -2.54. The maximum absolute atomic E-state index is 13.2. The molecule has 3 heterocycles. The number of hydrogen-bond acceptors (Lipinski definition) is 9. The highest BCUT2D eigenvalue weighted by atomic mass is 35.5. The van der Waals surface area contributed by atoms with Gasteiger partial charge in [-0.15, -0.1) is 0 Å². The summed E-state index contributed by atoms with van der Waals surface area (Å²) in [6.07, 6.45) is 0.696. The normalized spacial score (nSPS) is 17.2. The summed E-state index contributed by atoms with van der Waals surface area (Å²) in [5.41, 5.74) is 4.53. The molecule has 0 radical (unpaired) electrons. The Labute approximate surface area is 239 Å². The Morgan fingerprint density at radius 3 is 2.54 bits per heavy atom. The number of amidine groups is 1. The van der Waals surface area contributed by atoms with E-state index in [9.17, 15) is 4.79 Å². The standard InChI is InChI=1S/C26H36Cl2N8O3/c1-19-30-23(26(37)35-10-8-34(9-11-35)12-14-39-16-15-38-13-6-29-2)18-25(31-19)32-24-5-7-36(33-24)20-3-4-21(27)22(28)17-20/h3-4,17-18,29H,5-16H2,1-2H3,(H,30,31,32,33). The molecule has 1 aromatic carbocycles. The highest BCUT2D eigenvalue weighted by molar-refractivity contribution is 6.42.